The van der Waals surface area contributed by atoms with Crippen LogP contribution in [0.4, 0.5) is 14.9 Å². The molecule has 3 aliphatic heterocycles. The van der Waals surface area contributed by atoms with Crippen molar-refractivity contribution < 1.29 is 103 Å². The van der Waals surface area contributed by atoms with E-state index in [4.69, 9.17) is 4.74 Å². The van der Waals surface area contributed by atoms with Crippen LogP contribution in [0.2, 0.25) is 0 Å². The van der Waals surface area contributed by atoms with E-state index in [1.165, 1.54) is 19.2 Å². The van der Waals surface area contributed by atoms with Crippen molar-refractivity contribution in [1.29, 1.82) is 0 Å². The van der Waals surface area contributed by atoms with Crippen molar-refractivity contribution in [3.05, 3.63) is 50.5 Å². The van der Waals surface area contributed by atoms with Gasteiger partial charge in [0.1, 0.15) is 17.8 Å². The van der Waals surface area contributed by atoms with E-state index in [-0.39, 0.29) is 93.4 Å². The van der Waals surface area contributed by atoms with E-state index in [1.54, 1.807) is 9.47 Å². The van der Waals surface area contributed by atoms with Gasteiger partial charge in [-0.1, -0.05) is 11.8 Å². The van der Waals surface area contributed by atoms with E-state index >= 15 is 4.39 Å². The number of aromatic nitrogens is 1. The first kappa shape index (κ1) is 34.8. The van der Waals surface area contributed by atoms with Crippen LogP contribution in [0, 0.1) is 11.7 Å². The number of amides is 2. The fraction of sp³-hybridized carbons (Fsp3) is 0.444. The third-order valence-corrected chi connectivity index (χ3v) is 9.35. The molecule has 2 N–H and O–H groups in total. The summed E-state index contributed by atoms with van der Waals surface area (Å²) < 4.78 is 22.1. The van der Waals surface area contributed by atoms with Crippen LogP contribution in [0.1, 0.15) is 42.6 Å². The van der Waals surface area contributed by atoms with Crippen LogP contribution in [-0.4, -0.2) is 75.7 Å². The molecule has 0 spiro atoms. The standard InChI is InChI=1S/C27H27FN4O9S.2Na/c1-11(33)20-23(35)32-21(26(38)39)19(42-24(20)32)10-41-27(40)29-12-4-5-30(8-12)18-7-17-14(6-16(18)28)22(34)15(25(36)37)9-31(17)13-2-3-13;;/h6-7,9,11-13,20,24,33H,2-5,8,10H2,1H3,(H,29,40)(H,36,37)(H,38,39);;/q;2*+1/p-2/t11-,12?,20-,24-;;/m0../s1. The molecule has 0 radical (unpaired) electrons. The summed E-state index contributed by atoms with van der Waals surface area (Å²) in [6.07, 6.45) is 1.47. The van der Waals surface area contributed by atoms with Gasteiger partial charge < -0.3 is 44.4 Å². The first-order chi connectivity index (χ1) is 20.0. The molecule has 1 aliphatic carbocycles. The van der Waals surface area contributed by atoms with Gasteiger partial charge in [0.2, 0.25) is 5.91 Å². The molecule has 44 heavy (non-hydrogen) atoms. The number of benzene rings is 1. The number of alkyl carbamates (subject to hydrolysis) is 1. The number of aromatic carboxylic acids is 1. The zero-order valence-electron chi connectivity index (χ0n) is 24.2. The molecule has 1 unspecified atom stereocenters. The zero-order valence-corrected chi connectivity index (χ0v) is 29.0. The number of pyridine rings is 1. The number of fused-ring (bicyclic) bond motifs is 2. The van der Waals surface area contributed by atoms with Crippen molar-refractivity contribution in [3.8, 4) is 0 Å². The third kappa shape index (κ3) is 6.17. The number of aliphatic hydroxyl groups excluding tert-OH is 1. The monoisotopic (exact) mass is 646 g/mol. The number of hydrogen-bond acceptors (Lipinski definition) is 11. The smallest absolute Gasteiger partial charge is 0.545 e. The number of hydrogen-bond donors (Lipinski definition) is 2. The number of halogens is 1. The minimum atomic E-state index is -1.62. The van der Waals surface area contributed by atoms with Crippen LogP contribution >= 0.6 is 11.8 Å². The second kappa shape index (κ2) is 13.3. The van der Waals surface area contributed by atoms with Crippen molar-refractivity contribution >= 4 is 52.3 Å². The van der Waals surface area contributed by atoms with Gasteiger partial charge in [-0.05, 0) is 38.3 Å². The maximum Gasteiger partial charge on any atom is 1.00 e. The van der Waals surface area contributed by atoms with Gasteiger partial charge in [-0.25, -0.2) is 9.18 Å². The van der Waals surface area contributed by atoms with Crippen LogP contribution in [-0.2, 0) is 14.3 Å². The number of nitrogens with one attached hydrogen (secondary N) is 1. The number of carboxylic acids is 2. The number of carboxylic acid groups (broad SMARTS) is 2. The summed E-state index contributed by atoms with van der Waals surface area (Å²) in [7, 11) is 0. The van der Waals surface area contributed by atoms with E-state index in [0.717, 1.165) is 35.6 Å². The summed E-state index contributed by atoms with van der Waals surface area (Å²) in [6, 6.07) is 2.11. The quantitative estimate of drug-likeness (QED) is 0.205. The first-order valence-corrected chi connectivity index (χ1v) is 14.2. The predicted molar refractivity (Wildman–Crippen MR) is 141 cm³/mol. The molecule has 4 atom stereocenters. The van der Waals surface area contributed by atoms with E-state index in [9.17, 15) is 39.3 Å². The molecule has 4 heterocycles. The largest absolute Gasteiger partial charge is 1.00 e. The molecule has 4 aliphatic rings. The molecular weight excluding hydrogens is 621 g/mol. The van der Waals surface area contributed by atoms with E-state index in [2.05, 4.69) is 5.32 Å². The van der Waals surface area contributed by atoms with Crippen LogP contribution in [0.3, 0.4) is 0 Å². The molecule has 0 bridgehead atoms. The average Bonchev–Trinajstić information content (AvgIpc) is 3.57. The van der Waals surface area contributed by atoms with Gasteiger partial charge in [-0.3, -0.25) is 14.5 Å². The Morgan fingerprint density at radius 2 is 1.86 bits per heavy atom. The number of rotatable bonds is 8. The zero-order chi connectivity index (χ0) is 30.0. The van der Waals surface area contributed by atoms with Gasteiger partial charge in [-0.2, -0.15) is 0 Å². The molecule has 1 aromatic carbocycles. The number of nitrogens with zero attached hydrogens (tertiary/aromatic N) is 3. The Hall–Kier alpha value is -2.11. The SMILES string of the molecule is C[C@H](O)[C@H]1C(=O)N2C(C(=O)[O-])=C(COC(=O)NC3CCN(c4cc5c(cc4F)c(=O)c(C(=O)[O-])cn5C4CC4)C3)S[C@@H]12.[Na+].[Na+]. The van der Waals surface area contributed by atoms with Gasteiger partial charge in [0.25, 0.3) is 0 Å². The maximum atomic E-state index is 15.2. The number of thioether (sulfide) groups is 1. The van der Waals surface area contributed by atoms with Crippen LogP contribution in [0.15, 0.2) is 33.7 Å². The Labute approximate surface area is 298 Å². The van der Waals surface area contributed by atoms with Crippen molar-refractivity contribution in [2.45, 2.75) is 49.7 Å². The first-order valence-electron chi connectivity index (χ1n) is 13.4. The van der Waals surface area contributed by atoms with E-state index in [1.807, 2.05) is 0 Å². The molecule has 13 nitrogen and oxygen atoms in total. The number of carbonyl (C=O) groups excluding carboxylic acids is 4. The van der Waals surface area contributed by atoms with Gasteiger partial charge in [0.05, 0.1) is 57.4 Å². The fourth-order valence-electron chi connectivity index (χ4n) is 5.78. The number of ether oxygens (including phenoxy) is 1. The Balaban J connectivity index is 0.00000221. The minimum absolute atomic E-state index is 0. The second-order valence-electron chi connectivity index (χ2n) is 10.8. The predicted octanol–water partition coefficient (Wildman–Crippen LogP) is -6.97. The van der Waals surface area contributed by atoms with Gasteiger partial charge in [0, 0.05) is 30.7 Å². The number of β-lactam (4-membered cyclic amide) rings is 1. The van der Waals surface area contributed by atoms with Crippen molar-refractivity contribution in [3.63, 3.8) is 0 Å². The van der Waals surface area contributed by atoms with Crippen LogP contribution < -0.4 is 85.0 Å². The molecule has 2 saturated heterocycles. The molecule has 3 fully saturated rings. The van der Waals surface area contributed by atoms with E-state index < -0.39 is 70.8 Å². The van der Waals surface area contributed by atoms with Crippen LogP contribution in [0.25, 0.3) is 10.9 Å². The summed E-state index contributed by atoms with van der Waals surface area (Å²) in [5.41, 5.74) is -1.11. The minimum Gasteiger partial charge on any atom is -0.545 e. The Kier molecular flexibility index (Phi) is 10.5. The normalized spacial score (nSPS) is 23.0. The molecule has 2 amide bonds. The van der Waals surface area contributed by atoms with Gasteiger partial charge >= 0.3 is 65.2 Å². The van der Waals surface area contributed by atoms with Crippen molar-refractivity contribution in [2.24, 2.45) is 5.92 Å². The summed E-state index contributed by atoms with van der Waals surface area (Å²) >= 11 is 1.02. The fourth-order valence-corrected chi connectivity index (χ4v) is 7.30. The Morgan fingerprint density at radius 1 is 1.16 bits per heavy atom. The summed E-state index contributed by atoms with van der Waals surface area (Å²) in [5.74, 6) is -5.24. The second-order valence-corrected chi connectivity index (χ2v) is 12.0. The number of carbonyl (C=O) groups is 4. The van der Waals surface area contributed by atoms with Gasteiger partial charge in [0.15, 0.2) is 5.43 Å². The van der Waals surface area contributed by atoms with E-state index in [0.29, 0.717) is 18.5 Å². The molecular formula is C27H25FN4Na2O9S. The molecule has 2 aromatic rings. The molecule has 6 rings (SSSR count). The van der Waals surface area contributed by atoms with Crippen molar-refractivity contribution in [1.82, 2.24) is 14.8 Å². The number of aliphatic hydroxyl groups is 1. The molecule has 222 valence electrons. The van der Waals surface area contributed by atoms with Crippen molar-refractivity contribution in [2.75, 3.05) is 24.6 Å². The average molecular weight is 647 g/mol. The Bertz CT molecular complexity index is 1650. The third-order valence-electron chi connectivity index (χ3n) is 8.01. The van der Waals surface area contributed by atoms with Crippen LogP contribution in [0.5, 0.6) is 0 Å². The molecule has 1 aromatic heterocycles. The van der Waals surface area contributed by atoms with Gasteiger partial charge in [-0.15, -0.1) is 0 Å². The number of aliphatic carboxylic acids is 1. The maximum absolute atomic E-state index is 15.2. The topological polar surface area (TPSA) is 184 Å². The molecule has 1 saturated carbocycles. The number of anilines is 1. The molecule has 17 heteroatoms. The summed E-state index contributed by atoms with van der Waals surface area (Å²) in [6.45, 7) is 1.60. The Morgan fingerprint density at radius 3 is 2.48 bits per heavy atom. The summed E-state index contributed by atoms with van der Waals surface area (Å²) in [5, 5.41) is 35.0. The summed E-state index contributed by atoms with van der Waals surface area (Å²) in [4.78, 5) is 63.5.